The number of nitro groups is 1. The van der Waals surface area contributed by atoms with Crippen molar-refractivity contribution in [3.63, 3.8) is 0 Å². The van der Waals surface area contributed by atoms with E-state index in [4.69, 9.17) is 19.3 Å². The molecular formula is C36H56N6O9S. The second-order valence-electron chi connectivity index (χ2n) is 15.8. The van der Waals surface area contributed by atoms with Crippen molar-refractivity contribution in [1.82, 2.24) is 19.8 Å². The molecule has 2 fully saturated rings. The number of nitrogens with zero attached hydrogens (tertiary/aromatic N) is 3. The van der Waals surface area contributed by atoms with Crippen molar-refractivity contribution in [3.05, 3.63) is 46.1 Å². The Bertz CT molecular complexity index is 1610. The maximum Gasteiger partial charge on any atom is 0.514 e. The van der Waals surface area contributed by atoms with E-state index in [1.807, 2.05) is 25.5 Å². The van der Waals surface area contributed by atoms with Crippen LogP contribution >= 0.6 is 0 Å². The van der Waals surface area contributed by atoms with Crippen molar-refractivity contribution in [3.8, 4) is 5.75 Å². The molecule has 0 saturated heterocycles. The van der Waals surface area contributed by atoms with Gasteiger partial charge >= 0.3 is 12.2 Å². The molecule has 1 aromatic carbocycles. The second-order valence-corrected chi connectivity index (χ2v) is 17.8. The molecule has 2 aromatic rings. The number of carbonyl (C=O) groups excluding carboxylic acids is 2. The van der Waals surface area contributed by atoms with Crippen LogP contribution in [-0.2, 0) is 25.0 Å². The number of amides is 1. The molecule has 2 aliphatic carbocycles. The minimum absolute atomic E-state index is 0.0974. The van der Waals surface area contributed by atoms with Crippen molar-refractivity contribution in [2.24, 2.45) is 0 Å². The molecule has 290 valence electrons. The van der Waals surface area contributed by atoms with Crippen molar-refractivity contribution in [2.75, 3.05) is 18.4 Å². The highest BCUT2D eigenvalue weighted by atomic mass is 32.2. The van der Waals surface area contributed by atoms with Gasteiger partial charge in [0.05, 0.1) is 15.7 Å². The SMILES string of the molecule is CC(C)(C)OC(=O)NCCCCCCNS(=O)(=O)C1CCC(Nc2cc([C@H]3CC[C@@H](OC(=O)Oc4ccc([N+](=O)[O-])cc4)C3)n(C(C)(C)C)n2)CC1. The smallest absolute Gasteiger partial charge is 0.444 e. The number of rotatable bonds is 15. The van der Waals surface area contributed by atoms with Gasteiger partial charge in [-0.3, -0.25) is 14.8 Å². The van der Waals surface area contributed by atoms with Gasteiger partial charge in [0.1, 0.15) is 23.3 Å². The molecular weight excluding hydrogens is 692 g/mol. The Morgan fingerprint density at radius 1 is 0.942 bits per heavy atom. The van der Waals surface area contributed by atoms with Crippen LogP contribution in [0.25, 0.3) is 0 Å². The van der Waals surface area contributed by atoms with Gasteiger partial charge in [-0.2, -0.15) is 5.10 Å². The Kier molecular flexibility index (Phi) is 13.9. The Balaban J connectivity index is 1.19. The molecule has 2 atom stereocenters. The minimum atomic E-state index is -3.42. The monoisotopic (exact) mass is 748 g/mol. The number of ether oxygens (including phenoxy) is 3. The number of non-ortho nitro benzene ring substituents is 1. The lowest BCUT2D eigenvalue weighted by Gasteiger charge is -2.29. The van der Waals surface area contributed by atoms with Crippen molar-refractivity contribution in [2.45, 2.75) is 147 Å². The fourth-order valence-corrected chi connectivity index (χ4v) is 8.23. The zero-order valence-electron chi connectivity index (χ0n) is 31.3. The molecule has 0 bridgehead atoms. The molecule has 0 radical (unpaired) electrons. The van der Waals surface area contributed by atoms with Gasteiger partial charge in [-0.15, -0.1) is 0 Å². The van der Waals surface area contributed by atoms with E-state index in [-0.39, 0.29) is 35.0 Å². The van der Waals surface area contributed by atoms with Gasteiger partial charge in [0.15, 0.2) is 0 Å². The number of unbranched alkanes of at least 4 members (excludes halogenated alkanes) is 3. The predicted molar refractivity (Wildman–Crippen MR) is 197 cm³/mol. The maximum atomic E-state index is 13.0. The van der Waals surface area contributed by atoms with Gasteiger partial charge in [0.25, 0.3) is 5.69 Å². The lowest BCUT2D eigenvalue weighted by molar-refractivity contribution is -0.384. The normalized spacial score (nSPS) is 21.0. The van der Waals surface area contributed by atoms with Crippen LogP contribution in [0.3, 0.4) is 0 Å². The third-order valence-corrected chi connectivity index (χ3v) is 11.2. The number of hydrogen-bond acceptors (Lipinski definition) is 11. The Morgan fingerprint density at radius 3 is 2.21 bits per heavy atom. The summed E-state index contributed by atoms with van der Waals surface area (Å²) in [7, 11) is -3.42. The van der Waals surface area contributed by atoms with E-state index in [2.05, 4.69) is 42.2 Å². The predicted octanol–water partition coefficient (Wildman–Crippen LogP) is 7.13. The number of aromatic nitrogens is 2. The Morgan fingerprint density at radius 2 is 1.60 bits per heavy atom. The van der Waals surface area contributed by atoms with Gasteiger partial charge in [-0.1, -0.05) is 12.8 Å². The number of alkyl carbamates (subject to hydrolysis) is 1. The number of benzene rings is 1. The first-order valence-electron chi connectivity index (χ1n) is 18.3. The number of carbonyl (C=O) groups is 2. The topological polar surface area (TPSA) is 193 Å². The summed E-state index contributed by atoms with van der Waals surface area (Å²) in [5.74, 6) is 1.03. The standard InChI is InChI=1S/C36H56N6O9S/c1-35(2,3)41-31(25-11-16-29(23-25)50-34(44)49-28-17-14-27(15-18-28)42(45)46)24-32(40-41)39-26-12-19-30(20-13-26)52(47,48)38-22-10-8-7-9-21-37-33(43)51-36(4,5)6/h14-15,17-18,24-26,29-30,38H,7-13,16,19-23H2,1-6H3,(H,37,43)(H,39,40)/t25-,26?,29+,30?/m0/s1. The van der Waals surface area contributed by atoms with E-state index >= 15 is 0 Å². The molecule has 0 aliphatic heterocycles. The molecule has 2 saturated carbocycles. The summed E-state index contributed by atoms with van der Waals surface area (Å²) in [6.45, 7) is 12.7. The first kappa shape index (κ1) is 40.8. The molecule has 1 amide bonds. The zero-order valence-corrected chi connectivity index (χ0v) is 32.1. The van der Waals surface area contributed by atoms with E-state index in [0.717, 1.165) is 43.6 Å². The van der Waals surface area contributed by atoms with Crippen LogP contribution in [0.15, 0.2) is 30.3 Å². The first-order valence-corrected chi connectivity index (χ1v) is 19.9. The highest BCUT2D eigenvalue weighted by Gasteiger charge is 2.35. The van der Waals surface area contributed by atoms with Crippen molar-refractivity contribution in [1.29, 1.82) is 0 Å². The van der Waals surface area contributed by atoms with E-state index in [0.29, 0.717) is 51.6 Å². The molecule has 16 heteroatoms. The average Bonchev–Trinajstić information content (AvgIpc) is 3.69. The lowest BCUT2D eigenvalue weighted by atomic mass is 9.95. The molecule has 1 heterocycles. The summed E-state index contributed by atoms with van der Waals surface area (Å²) in [6.07, 6.45) is 6.31. The second kappa shape index (κ2) is 17.7. The summed E-state index contributed by atoms with van der Waals surface area (Å²) >= 11 is 0. The largest absolute Gasteiger partial charge is 0.514 e. The van der Waals surface area contributed by atoms with Gasteiger partial charge in [-0.25, -0.2) is 22.7 Å². The van der Waals surface area contributed by atoms with Crippen LogP contribution in [0.4, 0.5) is 21.1 Å². The fourth-order valence-electron chi connectivity index (χ4n) is 6.67. The Labute approximate surface area is 307 Å². The highest BCUT2D eigenvalue weighted by molar-refractivity contribution is 7.90. The summed E-state index contributed by atoms with van der Waals surface area (Å²) in [6, 6.07) is 7.41. The third-order valence-electron chi connectivity index (χ3n) is 9.23. The zero-order chi connectivity index (χ0) is 38.1. The summed E-state index contributed by atoms with van der Waals surface area (Å²) in [5, 5.41) is 21.7. The van der Waals surface area contributed by atoms with Gasteiger partial charge in [0.2, 0.25) is 10.0 Å². The number of nitrogens with one attached hydrogen (secondary N) is 3. The molecule has 2 aliphatic rings. The van der Waals surface area contributed by atoms with E-state index in [9.17, 15) is 28.1 Å². The van der Waals surface area contributed by atoms with Crippen LogP contribution in [-0.4, -0.2) is 71.5 Å². The molecule has 52 heavy (non-hydrogen) atoms. The highest BCUT2D eigenvalue weighted by Crippen LogP contribution is 2.39. The molecule has 0 spiro atoms. The quantitative estimate of drug-likeness (QED) is 0.0552. The van der Waals surface area contributed by atoms with E-state index in [1.54, 1.807) is 0 Å². The summed E-state index contributed by atoms with van der Waals surface area (Å²) < 4.78 is 46.9. The van der Waals surface area contributed by atoms with Gasteiger partial charge < -0.3 is 24.8 Å². The molecule has 4 rings (SSSR count). The maximum absolute atomic E-state index is 13.0. The summed E-state index contributed by atoms with van der Waals surface area (Å²) in [4.78, 5) is 34.5. The van der Waals surface area contributed by atoms with E-state index in [1.165, 1.54) is 24.3 Å². The molecule has 15 nitrogen and oxygen atoms in total. The van der Waals surface area contributed by atoms with Gasteiger partial charge in [-0.05, 0) is 111 Å². The van der Waals surface area contributed by atoms with Crippen LogP contribution in [0.1, 0.15) is 124 Å². The molecule has 0 unspecified atom stereocenters. The molecule has 1 aromatic heterocycles. The van der Waals surface area contributed by atoms with E-state index < -0.39 is 38.0 Å². The lowest BCUT2D eigenvalue weighted by Crippen LogP contribution is -2.39. The summed E-state index contributed by atoms with van der Waals surface area (Å²) in [5.41, 5.74) is 0.127. The Hall–Kier alpha value is -3.92. The van der Waals surface area contributed by atoms with Crippen molar-refractivity contribution >= 4 is 33.8 Å². The third kappa shape index (κ3) is 12.6. The molecule has 3 N–H and O–H groups in total. The van der Waals surface area contributed by atoms with Crippen molar-refractivity contribution < 1.29 is 37.1 Å². The fraction of sp³-hybridized carbons (Fsp3) is 0.694. The van der Waals surface area contributed by atoms with Crippen LogP contribution in [0.2, 0.25) is 0 Å². The first-order chi connectivity index (χ1) is 24.4. The van der Waals surface area contributed by atoms with Crippen LogP contribution < -0.4 is 20.1 Å². The average molecular weight is 749 g/mol. The number of anilines is 1. The number of sulfonamides is 1. The van der Waals surface area contributed by atoms with Crippen LogP contribution in [0, 0.1) is 10.1 Å². The number of hydrogen-bond donors (Lipinski definition) is 3. The minimum Gasteiger partial charge on any atom is -0.444 e. The van der Waals surface area contributed by atoms with Gasteiger partial charge in [0, 0.05) is 48.9 Å². The number of nitro benzene ring substituents is 1. The van der Waals surface area contributed by atoms with Crippen LogP contribution in [0.5, 0.6) is 5.75 Å².